The van der Waals surface area contributed by atoms with Crippen molar-refractivity contribution in [3.63, 3.8) is 0 Å². The van der Waals surface area contributed by atoms with Crippen molar-refractivity contribution in [2.75, 3.05) is 10.2 Å². The van der Waals surface area contributed by atoms with Crippen molar-refractivity contribution in [3.8, 4) is 0 Å². The molecule has 0 saturated carbocycles. The van der Waals surface area contributed by atoms with Gasteiger partial charge in [0.1, 0.15) is 6.10 Å². The van der Waals surface area contributed by atoms with Crippen molar-refractivity contribution in [2.45, 2.75) is 45.9 Å². The standard InChI is InChI=1S/C19H23FN4O2/c1-11(2)16-13(4)26-19(25)24(16)17-15(20)10-21-18(23-17)22-12(3)14-8-6-5-7-9-14/h5-13,16H,1-4H3,(H,21,22,23). The molecule has 1 aromatic heterocycles. The minimum atomic E-state index is -0.653. The van der Waals surface area contributed by atoms with Crippen LogP contribution in [0.2, 0.25) is 0 Å². The van der Waals surface area contributed by atoms with Crippen molar-refractivity contribution >= 4 is 17.9 Å². The smallest absolute Gasteiger partial charge is 0.416 e. The van der Waals surface area contributed by atoms with Crippen LogP contribution in [0.25, 0.3) is 0 Å². The number of carbonyl (C=O) groups is 1. The second kappa shape index (κ2) is 7.27. The fraction of sp³-hybridized carbons (Fsp3) is 0.421. The van der Waals surface area contributed by atoms with Crippen LogP contribution in [0.5, 0.6) is 0 Å². The normalized spacial score (nSPS) is 21.0. The second-order valence-electron chi connectivity index (χ2n) is 6.84. The van der Waals surface area contributed by atoms with E-state index in [0.717, 1.165) is 11.8 Å². The highest BCUT2D eigenvalue weighted by atomic mass is 19.1. The molecule has 138 valence electrons. The van der Waals surface area contributed by atoms with E-state index >= 15 is 0 Å². The Balaban J connectivity index is 1.89. The molecule has 26 heavy (non-hydrogen) atoms. The number of nitrogens with one attached hydrogen (secondary N) is 1. The summed E-state index contributed by atoms with van der Waals surface area (Å²) in [4.78, 5) is 21.8. The number of halogens is 1. The quantitative estimate of drug-likeness (QED) is 0.869. The molecule has 1 aromatic carbocycles. The van der Waals surface area contributed by atoms with E-state index < -0.39 is 11.9 Å². The van der Waals surface area contributed by atoms with Crippen LogP contribution in [-0.4, -0.2) is 28.2 Å². The van der Waals surface area contributed by atoms with Gasteiger partial charge in [-0.1, -0.05) is 44.2 Å². The molecule has 0 spiro atoms. The summed E-state index contributed by atoms with van der Waals surface area (Å²) in [5.41, 5.74) is 1.05. The van der Waals surface area contributed by atoms with Crippen LogP contribution in [0, 0.1) is 11.7 Å². The topological polar surface area (TPSA) is 67.4 Å². The molecule has 0 radical (unpaired) electrons. The Labute approximate surface area is 152 Å². The summed E-state index contributed by atoms with van der Waals surface area (Å²) in [6, 6.07) is 9.44. The molecule has 6 nitrogen and oxygen atoms in total. The summed E-state index contributed by atoms with van der Waals surface area (Å²) < 4.78 is 19.7. The zero-order valence-electron chi connectivity index (χ0n) is 15.3. The number of hydrogen-bond donors (Lipinski definition) is 1. The Morgan fingerprint density at radius 2 is 1.92 bits per heavy atom. The van der Waals surface area contributed by atoms with E-state index in [9.17, 15) is 9.18 Å². The first-order valence-corrected chi connectivity index (χ1v) is 8.72. The number of nitrogens with zero attached hydrogens (tertiary/aromatic N) is 3. The lowest BCUT2D eigenvalue weighted by Gasteiger charge is -2.26. The third-order valence-electron chi connectivity index (χ3n) is 4.54. The number of hydrogen-bond acceptors (Lipinski definition) is 5. The lowest BCUT2D eigenvalue weighted by atomic mass is 9.99. The number of carbonyl (C=O) groups excluding carboxylic acids is 1. The molecule has 2 aromatic rings. The van der Waals surface area contributed by atoms with E-state index in [4.69, 9.17) is 4.74 Å². The van der Waals surface area contributed by atoms with Gasteiger partial charge >= 0.3 is 6.09 Å². The molecule has 1 amide bonds. The molecule has 3 unspecified atom stereocenters. The predicted octanol–water partition coefficient (Wildman–Crippen LogP) is 4.16. The maximum atomic E-state index is 14.4. The molecule has 1 N–H and O–H groups in total. The van der Waals surface area contributed by atoms with Crippen LogP contribution in [0.3, 0.4) is 0 Å². The molecule has 7 heteroatoms. The lowest BCUT2D eigenvalue weighted by Crippen LogP contribution is -2.41. The first kappa shape index (κ1) is 18.1. The van der Waals surface area contributed by atoms with Gasteiger partial charge in [0, 0.05) is 0 Å². The molecule has 3 rings (SSSR count). The highest BCUT2D eigenvalue weighted by Crippen LogP contribution is 2.32. The monoisotopic (exact) mass is 358 g/mol. The Bertz CT molecular complexity index is 784. The molecule has 1 saturated heterocycles. The summed E-state index contributed by atoms with van der Waals surface area (Å²) in [6.45, 7) is 7.70. The Hall–Kier alpha value is -2.70. The number of ether oxygens (including phenoxy) is 1. The van der Waals surface area contributed by atoms with E-state index in [1.807, 2.05) is 51.1 Å². The van der Waals surface area contributed by atoms with Crippen LogP contribution in [-0.2, 0) is 4.74 Å². The highest BCUT2D eigenvalue weighted by Gasteiger charge is 2.43. The average Bonchev–Trinajstić information content (AvgIpc) is 2.91. The van der Waals surface area contributed by atoms with E-state index in [1.165, 1.54) is 4.90 Å². The molecule has 1 aliphatic rings. The summed E-state index contributed by atoms with van der Waals surface area (Å²) in [5.74, 6) is -0.367. The van der Waals surface area contributed by atoms with Crippen LogP contribution in [0.1, 0.15) is 39.3 Å². The summed E-state index contributed by atoms with van der Waals surface area (Å²) in [6.07, 6.45) is 0.156. The number of amides is 1. The van der Waals surface area contributed by atoms with Gasteiger partial charge in [0.2, 0.25) is 5.95 Å². The first-order valence-electron chi connectivity index (χ1n) is 8.72. The molecule has 0 aliphatic carbocycles. The molecular weight excluding hydrogens is 335 g/mol. The predicted molar refractivity (Wildman–Crippen MR) is 97.5 cm³/mol. The minimum absolute atomic E-state index is 0.0594. The van der Waals surface area contributed by atoms with E-state index in [0.29, 0.717) is 0 Å². The van der Waals surface area contributed by atoms with Gasteiger partial charge in [-0.3, -0.25) is 4.90 Å². The summed E-state index contributed by atoms with van der Waals surface area (Å²) in [5, 5.41) is 3.15. The molecule has 0 bridgehead atoms. The first-order chi connectivity index (χ1) is 12.4. The fourth-order valence-electron chi connectivity index (χ4n) is 3.30. The van der Waals surface area contributed by atoms with Crippen LogP contribution in [0.4, 0.5) is 21.0 Å². The summed E-state index contributed by atoms with van der Waals surface area (Å²) in [7, 11) is 0. The van der Waals surface area contributed by atoms with Gasteiger partial charge in [0.05, 0.1) is 18.3 Å². The highest BCUT2D eigenvalue weighted by molar-refractivity contribution is 5.89. The lowest BCUT2D eigenvalue weighted by molar-refractivity contribution is 0.136. The Morgan fingerprint density at radius 3 is 2.58 bits per heavy atom. The zero-order valence-corrected chi connectivity index (χ0v) is 15.3. The van der Waals surface area contributed by atoms with Gasteiger partial charge in [-0.15, -0.1) is 0 Å². The van der Waals surface area contributed by atoms with Gasteiger partial charge in [-0.25, -0.2) is 14.2 Å². The van der Waals surface area contributed by atoms with Crippen molar-refractivity contribution in [3.05, 3.63) is 47.9 Å². The van der Waals surface area contributed by atoms with E-state index in [-0.39, 0.29) is 35.9 Å². The van der Waals surface area contributed by atoms with E-state index in [1.54, 1.807) is 6.92 Å². The second-order valence-corrected chi connectivity index (χ2v) is 6.84. The van der Waals surface area contributed by atoms with Gasteiger partial charge in [0.25, 0.3) is 0 Å². The largest absolute Gasteiger partial charge is 0.444 e. The molecule has 1 aliphatic heterocycles. The SMILES string of the molecule is CC(Nc1ncc(F)c(N2C(=O)OC(C)C2C(C)C)n1)c1ccccc1. The fourth-order valence-corrected chi connectivity index (χ4v) is 3.30. The van der Waals surface area contributed by atoms with Gasteiger partial charge < -0.3 is 10.1 Å². The average molecular weight is 358 g/mol. The minimum Gasteiger partial charge on any atom is -0.444 e. The van der Waals surface area contributed by atoms with Gasteiger partial charge in [-0.2, -0.15) is 4.98 Å². The number of anilines is 2. The molecule has 1 fully saturated rings. The van der Waals surface area contributed by atoms with Gasteiger partial charge in [-0.05, 0) is 25.3 Å². The molecule has 3 atom stereocenters. The number of aromatic nitrogens is 2. The van der Waals surface area contributed by atoms with Crippen LogP contribution < -0.4 is 10.2 Å². The van der Waals surface area contributed by atoms with Crippen LogP contribution >= 0.6 is 0 Å². The van der Waals surface area contributed by atoms with Crippen molar-refractivity contribution in [1.29, 1.82) is 0 Å². The third kappa shape index (κ3) is 3.47. The molecular formula is C19H23FN4O2. The third-order valence-corrected chi connectivity index (χ3v) is 4.54. The maximum Gasteiger partial charge on any atom is 0.416 e. The summed E-state index contributed by atoms with van der Waals surface area (Å²) >= 11 is 0. The zero-order chi connectivity index (χ0) is 18.8. The van der Waals surface area contributed by atoms with Crippen molar-refractivity contribution < 1.29 is 13.9 Å². The maximum absolute atomic E-state index is 14.4. The van der Waals surface area contributed by atoms with E-state index in [2.05, 4.69) is 15.3 Å². The number of benzene rings is 1. The Morgan fingerprint density at radius 1 is 1.23 bits per heavy atom. The number of cyclic esters (lactones) is 1. The Kier molecular flexibility index (Phi) is 5.06. The van der Waals surface area contributed by atoms with Crippen molar-refractivity contribution in [1.82, 2.24) is 9.97 Å². The van der Waals surface area contributed by atoms with Crippen molar-refractivity contribution in [2.24, 2.45) is 5.92 Å². The number of rotatable bonds is 5. The van der Waals surface area contributed by atoms with Crippen LogP contribution in [0.15, 0.2) is 36.5 Å². The molecule has 2 heterocycles. The van der Waals surface area contributed by atoms with Gasteiger partial charge in [0.15, 0.2) is 11.6 Å².